The molecule has 0 saturated heterocycles. The summed E-state index contributed by atoms with van der Waals surface area (Å²) in [5, 5.41) is 20.3. The van der Waals surface area contributed by atoms with Gasteiger partial charge in [0.1, 0.15) is 5.00 Å². The van der Waals surface area contributed by atoms with E-state index in [9.17, 15) is 9.59 Å². The number of hydrogen-bond donors (Lipinski definition) is 1. The molecule has 3 aromatic heterocycles. The quantitative estimate of drug-likeness (QED) is 0.373. The predicted molar refractivity (Wildman–Crippen MR) is 130 cm³/mol. The summed E-state index contributed by atoms with van der Waals surface area (Å²) < 4.78 is 6.96. The van der Waals surface area contributed by atoms with Gasteiger partial charge in [0.05, 0.1) is 12.2 Å². The van der Waals surface area contributed by atoms with Crippen LogP contribution in [0.4, 0.5) is 5.00 Å². The number of fused-ring (bicyclic) bond motifs is 1. The second kappa shape index (κ2) is 10.2. The Bertz CT molecular complexity index is 1340. The molecule has 0 fully saturated rings. The zero-order valence-corrected chi connectivity index (χ0v) is 20.1. The van der Waals surface area contributed by atoms with Crippen LogP contribution in [0, 0.1) is 0 Å². The predicted octanol–water partition coefficient (Wildman–Crippen LogP) is 3.80. The Morgan fingerprint density at radius 2 is 1.94 bits per heavy atom. The van der Waals surface area contributed by atoms with E-state index < -0.39 is 0 Å². The van der Waals surface area contributed by atoms with E-state index in [0.29, 0.717) is 23.0 Å². The number of hydrogen-bond acceptors (Lipinski definition) is 8. The highest BCUT2D eigenvalue weighted by molar-refractivity contribution is 7.17. The summed E-state index contributed by atoms with van der Waals surface area (Å²) in [7, 11) is 0. The molecule has 1 aliphatic rings. The van der Waals surface area contributed by atoms with Crippen molar-refractivity contribution in [3.8, 4) is 11.4 Å². The van der Waals surface area contributed by atoms with Crippen LogP contribution >= 0.6 is 11.3 Å². The lowest BCUT2D eigenvalue weighted by atomic mass is 9.95. The van der Waals surface area contributed by atoms with E-state index in [-0.39, 0.29) is 24.2 Å². The first kappa shape index (κ1) is 22.9. The van der Waals surface area contributed by atoms with Gasteiger partial charge in [-0.1, -0.05) is 37.3 Å². The van der Waals surface area contributed by atoms with Crippen molar-refractivity contribution < 1.29 is 14.3 Å². The van der Waals surface area contributed by atoms with E-state index in [4.69, 9.17) is 4.74 Å². The summed E-state index contributed by atoms with van der Waals surface area (Å²) in [6.45, 7) is 2.51. The van der Waals surface area contributed by atoms with Gasteiger partial charge in [0.15, 0.2) is 12.4 Å². The van der Waals surface area contributed by atoms with Gasteiger partial charge in [0.2, 0.25) is 5.82 Å². The van der Waals surface area contributed by atoms with E-state index in [0.717, 1.165) is 48.1 Å². The third kappa shape index (κ3) is 4.99. The smallest absolute Gasteiger partial charge is 0.341 e. The van der Waals surface area contributed by atoms with Crippen molar-refractivity contribution in [3.63, 3.8) is 0 Å². The van der Waals surface area contributed by atoms with Crippen LogP contribution in [0.25, 0.3) is 11.4 Å². The number of ether oxygens (including phenoxy) is 1. The number of amides is 1. The van der Waals surface area contributed by atoms with Crippen molar-refractivity contribution in [1.82, 2.24) is 30.0 Å². The molecule has 11 heteroatoms. The number of aromatic nitrogens is 6. The Labute approximate surface area is 205 Å². The zero-order chi connectivity index (χ0) is 24.2. The molecule has 1 aromatic carbocycles. The summed E-state index contributed by atoms with van der Waals surface area (Å²) in [4.78, 5) is 28.3. The molecule has 1 N–H and O–H groups in total. The molecular weight excluding hydrogens is 466 g/mol. The maximum atomic E-state index is 13.0. The van der Waals surface area contributed by atoms with Gasteiger partial charge in [-0.15, -0.1) is 26.3 Å². The van der Waals surface area contributed by atoms with Gasteiger partial charge in [-0.05, 0) is 48.9 Å². The first-order valence-electron chi connectivity index (χ1n) is 11.6. The minimum absolute atomic E-state index is 0.203. The van der Waals surface area contributed by atoms with Crippen LogP contribution in [-0.2, 0) is 24.2 Å². The Morgan fingerprint density at radius 1 is 1.11 bits per heavy atom. The summed E-state index contributed by atoms with van der Waals surface area (Å²) in [6, 6.07) is 11.2. The number of thiophene rings is 1. The average Bonchev–Trinajstić information content (AvgIpc) is 3.62. The largest absolute Gasteiger partial charge is 0.462 e. The molecule has 3 heterocycles. The molecule has 0 aliphatic heterocycles. The highest BCUT2D eigenvalue weighted by Crippen LogP contribution is 2.38. The molecule has 180 valence electrons. The van der Waals surface area contributed by atoms with Gasteiger partial charge in [-0.25, -0.2) is 9.48 Å². The molecule has 4 aromatic rings. The number of carbonyl (C=O) groups is 2. The van der Waals surface area contributed by atoms with Crippen LogP contribution in [0.2, 0.25) is 0 Å². The van der Waals surface area contributed by atoms with Gasteiger partial charge < -0.3 is 10.1 Å². The van der Waals surface area contributed by atoms with Crippen LogP contribution < -0.4 is 5.32 Å². The Kier molecular flexibility index (Phi) is 6.66. The van der Waals surface area contributed by atoms with Gasteiger partial charge in [-0.3, -0.25) is 4.79 Å². The lowest BCUT2D eigenvalue weighted by Gasteiger charge is -2.12. The van der Waals surface area contributed by atoms with Crippen molar-refractivity contribution in [2.45, 2.75) is 45.7 Å². The van der Waals surface area contributed by atoms with Crippen LogP contribution in [0.15, 0.2) is 42.6 Å². The molecule has 10 nitrogen and oxygen atoms in total. The first-order chi connectivity index (χ1) is 17.1. The number of rotatable bonds is 8. The maximum absolute atomic E-state index is 13.0. The summed E-state index contributed by atoms with van der Waals surface area (Å²) in [5.41, 5.74) is 2.60. The lowest BCUT2D eigenvalue weighted by molar-refractivity contribution is 0.0505. The van der Waals surface area contributed by atoms with Crippen LogP contribution in [0.3, 0.4) is 0 Å². The Hall–Kier alpha value is -3.86. The number of nitrogens with zero attached hydrogens (tertiary/aromatic N) is 6. The number of anilines is 1. The van der Waals surface area contributed by atoms with Crippen molar-refractivity contribution >= 4 is 28.2 Å². The fraction of sp³-hybridized carbons (Fsp3) is 0.333. The number of benzene rings is 1. The molecule has 0 saturated carbocycles. The van der Waals surface area contributed by atoms with E-state index >= 15 is 0 Å². The fourth-order valence-electron chi connectivity index (χ4n) is 4.00. The molecule has 5 rings (SSSR count). The second-order valence-corrected chi connectivity index (χ2v) is 9.34. The first-order valence-corrected chi connectivity index (χ1v) is 12.4. The summed E-state index contributed by atoms with van der Waals surface area (Å²) >= 11 is 1.46. The van der Waals surface area contributed by atoms with Crippen LogP contribution in [0.1, 0.15) is 57.5 Å². The van der Waals surface area contributed by atoms with Gasteiger partial charge in [0.25, 0.3) is 5.91 Å². The van der Waals surface area contributed by atoms with Crippen LogP contribution in [-0.4, -0.2) is 48.5 Å². The molecule has 0 bridgehead atoms. The molecular formula is C24H25N7O3S. The third-order valence-electron chi connectivity index (χ3n) is 5.67. The fourth-order valence-corrected chi connectivity index (χ4v) is 5.27. The number of aryl methyl sites for hydroxylation is 1. The molecule has 0 atom stereocenters. The molecule has 1 amide bonds. The number of nitrogens with one attached hydrogen (secondary N) is 1. The van der Waals surface area contributed by atoms with Gasteiger partial charge in [0, 0.05) is 16.6 Å². The van der Waals surface area contributed by atoms with E-state index in [2.05, 4.69) is 25.8 Å². The Morgan fingerprint density at radius 3 is 2.77 bits per heavy atom. The van der Waals surface area contributed by atoms with Gasteiger partial charge >= 0.3 is 5.97 Å². The van der Waals surface area contributed by atoms with E-state index in [1.54, 1.807) is 16.9 Å². The maximum Gasteiger partial charge on any atom is 0.341 e. The molecule has 0 spiro atoms. The molecule has 0 radical (unpaired) electrons. The SMILES string of the molecule is CCCOC(=O)c1c(NC(=O)c2ccn(Cn3nnc(-c4ccccc4)n3)n2)sc2c1CCCC2. The second-order valence-electron chi connectivity index (χ2n) is 8.24. The van der Waals surface area contributed by atoms with Crippen molar-refractivity contribution in [2.75, 3.05) is 11.9 Å². The monoisotopic (exact) mass is 491 g/mol. The van der Waals surface area contributed by atoms with Gasteiger partial charge in [-0.2, -0.15) is 5.10 Å². The normalized spacial score (nSPS) is 12.8. The van der Waals surface area contributed by atoms with Crippen molar-refractivity contribution in [1.29, 1.82) is 0 Å². The number of tetrazole rings is 1. The molecule has 35 heavy (non-hydrogen) atoms. The minimum atomic E-state index is -0.386. The highest BCUT2D eigenvalue weighted by Gasteiger charge is 2.28. The molecule has 0 unspecified atom stereocenters. The van der Waals surface area contributed by atoms with Crippen molar-refractivity contribution in [2.24, 2.45) is 0 Å². The van der Waals surface area contributed by atoms with Crippen LogP contribution in [0.5, 0.6) is 0 Å². The topological polar surface area (TPSA) is 117 Å². The number of esters is 1. The van der Waals surface area contributed by atoms with E-state index in [1.807, 2.05) is 37.3 Å². The number of carbonyl (C=O) groups excluding carboxylic acids is 2. The summed E-state index contributed by atoms with van der Waals surface area (Å²) in [5.74, 6) is -0.248. The standard InChI is InChI=1S/C24H25N7O3S/c1-2-14-34-24(33)20-17-10-6-7-11-19(17)35-23(20)25-22(32)18-12-13-30(27-18)15-31-28-21(26-29-31)16-8-4-3-5-9-16/h3-5,8-9,12-13H,2,6-7,10-11,14-15H2,1H3,(H,25,32). The molecule has 1 aliphatic carbocycles. The highest BCUT2D eigenvalue weighted by atomic mass is 32.1. The zero-order valence-electron chi connectivity index (χ0n) is 19.3. The van der Waals surface area contributed by atoms with E-state index in [1.165, 1.54) is 16.1 Å². The minimum Gasteiger partial charge on any atom is -0.462 e. The Balaban J connectivity index is 1.30. The average molecular weight is 492 g/mol. The lowest BCUT2D eigenvalue weighted by Crippen LogP contribution is -2.17. The van der Waals surface area contributed by atoms with Crippen molar-refractivity contribution in [3.05, 3.63) is 64.3 Å². The third-order valence-corrected chi connectivity index (χ3v) is 6.88. The summed E-state index contributed by atoms with van der Waals surface area (Å²) in [6.07, 6.45) is 6.26.